The Balaban J connectivity index is 1.89. The summed E-state index contributed by atoms with van der Waals surface area (Å²) >= 11 is 0. The Bertz CT molecular complexity index is 328. The number of nitrogens with two attached hydrogens (primary N) is 1. The number of aromatic nitrogens is 3. The second-order valence-electron chi connectivity index (χ2n) is 5.21. The van der Waals surface area contributed by atoms with Gasteiger partial charge in [-0.3, -0.25) is 0 Å². The van der Waals surface area contributed by atoms with E-state index in [0.29, 0.717) is 6.04 Å². The Morgan fingerprint density at radius 3 is 2.81 bits per heavy atom. The summed E-state index contributed by atoms with van der Waals surface area (Å²) in [6.07, 6.45) is 7.75. The van der Waals surface area contributed by atoms with E-state index >= 15 is 0 Å². The molecule has 0 radical (unpaired) electrons. The van der Waals surface area contributed by atoms with E-state index in [1.54, 1.807) is 6.33 Å². The van der Waals surface area contributed by atoms with Crippen molar-refractivity contribution in [3.8, 4) is 0 Å². The first-order valence-corrected chi connectivity index (χ1v) is 6.30. The zero-order chi connectivity index (χ0) is 11.5. The fourth-order valence-corrected chi connectivity index (χ4v) is 2.33. The van der Waals surface area contributed by atoms with Crippen LogP contribution in [0.15, 0.2) is 6.33 Å². The van der Waals surface area contributed by atoms with E-state index in [1.165, 1.54) is 19.3 Å². The largest absolute Gasteiger partial charge is 0.327 e. The van der Waals surface area contributed by atoms with Gasteiger partial charge in [-0.1, -0.05) is 19.3 Å². The Morgan fingerprint density at radius 1 is 1.50 bits per heavy atom. The molecule has 1 unspecified atom stereocenters. The molecular formula is C12H22N4. The average molecular weight is 222 g/mol. The summed E-state index contributed by atoms with van der Waals surface area (Å²) in [5.74, 6) is 1.90. The highest BCUT2D eigenvalue weighted by Crippen LogP contribution is 2.30. The molecular weight excluding hydrogens is 200 g/mol. The highest BCUT2D eigenvalue weighted by atomic mass is 15.3. The average Bonchev–Trinajstić information content (AvgIpc) is 2.59. The Morgan fingerprint density at radius 2 is 2.25 bits per heavy atom. The van der Waals surface area contributed by atoms with Crippen molar-refractivity contribution in [1.82, 2.24) is 14.8 Å². The van der Waals surface area contributed by atoms with Crippen LogP contribution in [0.1, 0.15) is 51.4 Å². The van der Waals surface area contributed by atoms with Crippen LogP contribution < -0.4 is 5.73 Å². The van der Waals surface area contributed by atoms with Gasteiger partial charge in [0.2, 0.25) is 0 Å². The second-order valence-corrected chi connectivity index (χ2v) is 5.21. The fraction of sp³-hybridized carbons (Fsp3) is 0.833. The lowest BCUT2D eigenvalue weighted by atomic mass is 9.80. The Hall–Kier alpha value is -0.900. The zero-order valence-electron chi connectivity index (χ0n) is 10.3. The van der Waals surface area contributed by atoms with Crippen molar-refractivity contribution in [2.75, 3.05) is 0 Å². The molecule has 0 amide bonds. The fourth-order valence-electron chi connectivity index (χ4n) is 2.33. The first kappa shape index (κ1) is 11.6. The lowest BCUT2D eigenvalue weighted by Crippen LogP contribution is -2.30. The van der Waals surface area contributed by atoms with E-state index in [9.17, 15) is 0 Å². The molecule has 1 saturated carbocycles. The molecule has 0 aromatic carbocycles. The molecule has 1 heterocycles. The van der Waals surface area contributed by atoms with Crippen molar-refractivity contribution < 1.29 is 0 Å². The molecule has 1 aliphatic carbocycles. The van der Waals surface area contributed by atoms with Crippen LogP contribution in [0.4, 0.5) is 0 Å². The van der Waals surface area contributed by atoms with Crippen LogP contribution in [0.25, 0.3) is 0 Å². The van der Waals surface area contributed by atoms with Crippen LogP contribution in [0.5, 0.6) is 0 Å². The molecule has 16 heavy (non-hydrogen) atoms. The normalized spacial score (nSPS) is 18.8. The summed E-state index contributed by atoms with van der Waals surface area (Å²) < 4.78 is 1.97. The number of nitrogens with zero attached hydrogens (tertiary/aromatic N) is 3. The van der Waals surface area contributed by atoms with Crippen molar-refractivity contribution in [1.29, 1.82) is 0 Å². The maximum atomic E-state index is 6.16. The predicted molar refractivity (Wildman–Crippen MR) is 64.0 cm³/mol. The van der Waals surface area contributed by atoms with Gasteiger partial charge in [-0.25, -0.2) is 9.67 Å². The van der Waals surface area contributed by atoms with Gasteiger partial charge in [0, 0.05) is 18.5 Å². The minimum absolute atomic E-state index is 0.243. The van der Waals surface area contributed by atoms with Gasteiger partial charge in [-0.05, 0) is 26.2 Å². The number of rotatable bonds is 5. The van der Waals surface area contributed by atoms with E-state index in [4.69, 9.17) is 5.73 Å². The molecule has 1 aliphatic rings. The van der Waals surface area contributed by atoms with Gasteiger partial charge >= 0.3 is 0 Å². The Kier molecular flexibility index (Phi) is 3.59. The summed E-state index contributed by atoms with van der Waals surface area (Å²) in [5, 5.41) is 4.23. The van der Waals surface area contributed by atoms with E-state index in [-0.39, 0.29) is 6.04 Å². The predicted octanol–water partition coefficient (Wildman–Crippen LogP) is 1.92. The van der Waals surface area contributed by atoms with Crippen LogP contribution in [-0.2, 0) is 6.42 Å². The summed E-state index contributed by atoms with van der Waals surface area (Å²) in [7, 11) is 0. The van der Waals surface area contributed by atoms with Gasteiger partial charge in [0.1, 0.15) is 12.2 Å². The Labute approximate surface area is 97.2 Å². The molecule has 1 aromatic rings. The third-order valence-electron chi connectivity index (χ3n) is 3.44. The monoisotopic (exact) mass is 222 g/mol. The van der Waals surface area contributed by atoms with Gasteiger partial charge in [-0.2, -0.15) is 5.10 Å². The van der Waals surface area contributed by atoms with Crippen molar-refractivity contribution in [2.45, 2.75) is 58.0 Å². The van der Waals surface area contributed by atoms with Crippen LogP contribution in [0, 0.1) is 5.92 Å². The van der Waals surface area contributed by atoms with Crippen LogP contribution >= 0.6 is 0 Å². The molecule has 2 rings (SSSR count). The van der Waals surface area contributed by atoms with E-state index in [2.05, 4.69) is 23.9 Å². The van der Waals surface area contributed by atoms with Gasteiger partial charge in [0.15, 0.2) is 0 Å². The van der Waals surface area contributed by atoms with E-state index in [1.807, 2.05) is 4.68 Å². The standard InChI is InChI=1S/C12H22N4/c1-9(2)16-12(14-8-15-16)7-11(13)6-10-4-3-5-10/h8-11H,3-7,13H2,1-2H3. The van der Waals surface area contributed by atoms with Gasteiger partial charge in [0.05, 0.1) is 0 Å². The minimum Gasteiger partial charge on any atom is -0.327 e. The van der Waals surface area contributed by atoms with Crippen LogP contribution in [0.2, 0.25) is 0 Å². The molecule has 0 saturated heterocycles. The highest BCUT2D eigenvalue weighted by Gasteiger charge is 2.21. The minimum atomic E-state index is 0.243. The van der Waals surface area contributed by atoms with E-state index in [0.717, 1.165) is 24.6 Å². The van der Waals surface area contributed by atoms with Crippen molar-refractivity contribution in [2.24, 2.45) is 11.7 Å². The molecule has 0 aliphatic heterocycles. The zero-order valence-corrected chi connectivity index (χ0v) is 10.3. The third-order valence-corrected chi connectivity index (χ3v) is 3.44. The van der Waals surface area contributed by atoms with Gasteiger partial charge in [0.25, 0.3) is 0 Å². The molecule has 1 aromatic heterocycles. The smallest absolute Gasteiger partial charge is 0.138 e. The number of hydrogen-bond donors (Lipinski definition) is 1. The molecule has 4 heteroatoms. The van der Waals surface area contributed by atoms with Gasteiger partial charge < -0.3 is 5.73 Å². The third kappa shape index (κ3) is 2.61. The summed E-state index contributed by atoms with van der Waals surface area (Å²) in [6, 6.07) is 0.611. The highest BCUT2D eigenvalue weighted by molar-refractivity contribution is 4.91. The van der Waals surface area contributed by atoms with Crippen LogP contribution in [0.3, 0.4) is 0 Å². The first-order chi connectivity index (χ1) is 7.66. The summed E-state index contributed by atoms with van der Waals surface area (Å²) in [5.41, 5.74) is 6.16. The lowest BCUT2D eigenvalue weighted by Gasteiger charge is -2.28. The lowest BCUT2D eigenvalue weighted by molar-refractivity contribution is 0.273. The number of hydrogen-bond acceptors (Lipinski definition) is 3. The molecule has 1 atom stereocenters. The summed E-state index contributed by atoms with van der Waals surface area (Å²) in [6.45, 7) is 4.24. The maximum absolute atomic E-state index is 6.16. The van der Waals surface area contributed by atoms with Crippen molar-refractivity contribution in [3.63, 3.8) is 0 Å². The van der Waals surface area contributed by atoms with Crippen molar-refractivity contribution >= 4 is 0 Å². The first-order valence-electron chi connectivity index (χ1n) is 6.30. The molecule has 1 fully saturated rings. The second kappa shape index (κ2) is 4.95. The maximum Gasteiger partial charge on any atom is 0.138 e. The molecule has 0 bridgehead atoms. The quantitative estimate of drug-likeness (QED) is 0.828. The summed E-state index contributed by atoms with van der Waals surface area (Å²) in [4.78, 5) is 4.30. The molecule has 2 N–H and O–H groups in total. The molecule has 90 valence electrons. The van der Waals surface area contributed by atoms with E-state index < -0.39 is 0 Å². The topological polar surface area (TPSA) is 56.7 Å². The molecule has 4 nitrogen and oxygen atoms in total. The van der Waals surface area contributed by atoms with Crippen LogP contribution in [-0.4, -0.2) is 20.8 Å². The SMILES string of the molecule is CC(C)n1ncnc1CC(N)CC1CCC1. The van der Waals surface area contributed by atoms with Crippen molar-refractivity contribution in [3.05, 3.63) is 12.2 Å². The van der Waals surface area contributed by atoms with Gasteiger partial charge in [-0.15, -0.1) is 0 Å². The molecule has 0 spiro atoms.